The summed E-state index contributed by atoms with van der Waals surface area (Å²) < 4.78 is 6.47. The average molecular weight is 633 g/mol. The molecule has 10 nitrogen and oxygen atoms in total. The normalized spacial score (nSPS) is 14.1. The lowest BCUT2D eigenvalue weighted by molar-refractivity contribution is 0.173. The molecule has 230 valence electrons. The Labute approximate surface area is 266 Å². The third-order valence-corrected chi connectivity index (χ3v) is 8.88. The highest BCUT2D eigenvalue weighted by Gasteiger charge is 2.32. The minimum Gasteiger partial charge on any atom is -0.506 e. The van der Waals surface area contributed by atoms with Crippen molar-refractivity contribution in [2.24, 2.45) is 0 Å². The summed E-state index contributed by atoms with van der Waals surface area (Å²) in [4.78, 5) is 33.0. The lowest BCUT2D eigenvalue weighted by Crippen LogP contribution is -2.28. The van der Waals surface area contributed by atoms with Crippen LogP contribution in [0.25, 0.3) is 22.2 Å². The van der Waals surface area contributed by atoms with Crippen LogP contribution in [0, 0.1) is 0 Å². The van der Waals surface area contributed by atoms with E-state index in [1.807, 2.05) is 60.0 Å². The molecule has 1 aliphatic carbocycles. The van der Waals surface area contributed by atoms with Crippen LogP contribution >= 0.6 is 11.3 Å². The minimum absolute atomic E-state index is 0.124. The number of aliphatic hydroxyl groups is 1. The number of aliphatic hydroxyl groups excluding tert-OH is 1. The lowest BCUT2D eigenvalue weighted by atomic mass is 10.0. The number of aromatic hydroxyl groups is 1. The Balaban J connectivity index is 1.19. The van der Waals surface area contributed by atoms with E-state index in [0.29, 0.717) is 28.3 Å². The first-order valence-corrected chi connectivity index (χ1v) is 15.4. The number of ether oxygens (including phenoxy) is 1. The van der Waals surface area contributed by atoms with E-state index >= 15 is 0 Å². The second-order valence-corrected chi connectivity index (χ2v) is 11.9. The molecule has 0 fully saturated rings. The van der Waals surface area contributed by atoms with Crippen molar-refractivity contribution >= 4 is 34.2 Å². The minimum atomic E-state index is -1.06. The number of benzene rings is 4. The van der Waals surface area contributed by atoms with Gasteiger partial charge in [0.05, 0.1) is 36.1 Å². The standard InChI is InChI=1S/C35H28N4O6S/c40-27-14-13-26(33-34(27)38-30(42)18-37-33)28(41)17-36-32-25-10-2-1-9-23(25)24-11-4-12-29(31(24)32)45-21-7-3-6-20(16-21)39(35(43)44)19-22-8-5-15-46-22/h1-16,18,28,32,36,40-41H,17,19H2,(H,38,42)(H,43,44)/t28-,32?/m0/s1. The van der Waals surface area contributed by atoms with Crippen LogP contribution in [0.2, 0.25) is 0 Å². The van der Waals surface area contributed by atoms with Crippen molar-refractivity contribution in [1.29, 1.82) is 0 Å². The summed E-state index contributed by atoms with van der Waals surface area (Å²) >= 11 is 1.49. The Morgan fingerprint density at radius 3 is 2.67 bits per heavy atom. The number of nitrogens with one attached hydrogen (secondary N) is 2. The molecule has 11 heteroatoms. The molecule has 0 spiro atoms. The first kappa shape index (κ1) is 29.2. The van der Waals surface area contributed by atoms with Gasteiger partial charge in [-0.1, -0.05) is 54.6 Å². The Kier molecular flexibility index (Phi) is 7.71. The van der Waals surface area contributed by atoms with Gasteiger partial charge >= 0.3 is 6.09 Å². The van der Waals surface area contributed by atoms with Crippen LogP contribution in [0.1, 0.15) is 33.7 Å². The summed E-state index contributed by atoms with van der Waals surface area (Å²) in [7, 11) is 0. The quantitative estimate of drug-likeness (QED) is 0.120. The van der Waals surface area contributed by atoms with E-state index < -0.39 is 17.8 Å². The first-order valence-electron chi connectivity index (χ1n) is 14.5. The van der Waals surface area contributed by atoms with Gasteiger partial charge in [-0.3, -0.25) is 9.69 Å². The number of thiophene rings is 1. The van der Waals surface area contributed by atoms with E-state index in [4.69, 9.17) is 4.74 Å². The van der Waals surface area contributed by atoms with Gasteiger partial charge in [0.15, 0.2) is 0 Å². The molecule has 2 aromatic heterocycles. The van der Waals surface area contributed by atoms with Gasteiger partial charge in [-0.05, 0) is 52.4 Å². The van der Waals surface area contributed by atoms with Crippen LogP contribution in [-0.4, -0.2) is 37.9 Å². The largest absolute Gasteiger partial charge is 0.506 e. The molecule has 46 heavy (non-hydrogen) atoms. The zero-order valence-corrected chi connectivity index (χ0v) is 25.1. The highest BCUT2D eigenvalue weighted by atomic mass is 32.1. The Morgan fingerprint density at radius 2 is 1.85 bits per heavy atom. The van der Waals surface area contributed by atoms with Crippen molar-refractivity contribution < 1.29 is 24.9 Å². The monoisotopic (exact) mass is 632 g/mol. The molecule has 2 atom stereocenters. The number of aromatic nitrogens is 2. The van der Waals surface area contributed by atoms with E-state index in [9.17, 15) is 24.9 Å². The Bertz CT molecular complexity index is 2130. The van der Waals surface area contributed by atoms with Crippen LogP contribution in [0.5, 0.6) is 17.2 Å². The highest BCUT2D eigenvalue weighted by molar-refractivity contribution is 7.09. The van der Waals surface area contributed by atoms with Crippen molar-refractivity contribution in [1.82, 2.24) is 15.3 Å². The first-order chi connectivity index (χ1) is 22.4. The number of fused-ring (bicyclic) bond motifs is 4. The van der Waals surface area contributed by atoms with Crippen molar-refractivity contribution in [3.8, 4) is 28.4 Å². The third kappa shape index (κ3) is 5.47. The van der Waals surface area contributed by atoms with Crippen molar-refractivity contribution in [3.05, 3.63) is 134 Å². The number of hydrogen-bond donors (Lipinski definition) is 5. The number of phenolic OH excluding ortho intramolecular Hbond substituents is 1. The number of rotatable bonds is 9. The van der Waals surface area contributed by atoms with Crippen LogP contribution in [0.4, 0.5) is 10.5 Å². The van der Waals surface area contributed by atoms with Crippen LogP contribution < -0.4 is 20.5 Å². The maximum absolute atomic E-state index is 12.2. The third-order valence-electron chi connectivity index (χ3n) is 8.02. The summed E-state index contributed by atoms with van der Waals surface area (Å²) in [5.74, 6) is 0.938. The van der Waals surface area contributed by atoms with E-state index in [0.717, 1.165) is 33.3 Å². The van der Waals surface area contributed by atoms with Gasteiger partial charge in [0.2, 0.25) is 0 Å². The van der Waals surface area contributed by atoms with Gasteiger partial charge in [-0.15, -0.1) is 11.3 Å². The number of phenols is 1. The fraction of sp³-hybridized carbons (Fsp3) is 0.114. The number of H-pyrrole nitrogens is 1. The van der Waals surface area contributed by atoms with Crippen molar-refractivity contribution in [3.63, 3.8) is 0 Å². The topological polar surface area (TPSA) is 148 Å². The second-order valence-electron chi connectivity index (χ2n) is 10.9. The van der Waals surface area contributed by atoms with Crippen LogP contribution in [-0.2, 0) is 6.54 Å². The fourth-order valence-corrected chi connectivity index (χ4v) is 6.64. The summed E-state index contributed by atoms with van der Waals surface area (Å²) in [5.41, 5.74) is 4.87. The van der Waals surface area contributed by atoms with Crippen LogP contribution in [0.3, 0.4) is 0 Å². The number of aromatic amines is 1. The van der Waals surface area contributed by atoms with Gasteiger partial charge in [0.25, 0.3) is 5.56 Å². The average Bonchev–Trinajstić information content (AvgIpc) is 3.69. The fourth-order valence-electron chi connectivity index (χ4n) is 5.94. The predicted octanol–water partition coefficient (Wildman–Crippen LogP) is 6.56. The number of hydrogen-bond acceptors (Lipinski definition) is 8. The van der Waals surface area contributed by atoms with E-state index in [1.54, 1.807) is 30.3 Å². The molecule has 0 saturated heterocycles. The molecule has 5 N–H and O–H groups in total. The highest BCUT2D eigenvalue weighted by Crippen LogP contribution is 2.48. The molecule has 1 aliphatic rings. The molecular weight excluding hydrogens is 604 g/mol. The number of carboxylic acid groups (broad SMARTS) is 1. The van der Waals surface area contributed by atoms with Gasteiger partial charge in [0.1, 0.15) is 22.8 Å². The van der Waals surface area contributed by atoms with E-state index in [1.165, 1.54) is 22.3 Å². The van der Waals surface area contributed by atoms with Gasteiger partial charge in [-0.2, -0.15) is 0 Å². The Hall–Kier alpha value is -5.49. The van der Waals surface area contributed by atoms with Crippen molar-refractivity contribution in [2.45, 2.75) is 18.7 Å². The molecule has 6 aromatic rings. The SMILES string of the molecule is O=C(O)N(Cc1cccs1)c1cccc(Oc2cccc3c2C(NC[C@H](O)c2ccc(O)c4[nH]c(=O)cnc24)c2ccccc2-3)c1. The molecule has 1 unspecified atom stereocenters. The molecule has 0 bridgehead atoms. The zero-order chi connectivity index (χ0) is 31.8. The second kappa shape index (κ2) is 12.1. The number of amides is 1. The van der Waals surface area contributed by atoms with Gasteiger partial charge < -0.3 is 30.4 Å². The van der Waals surface area contributed by atoms with Gasteiger partial charge in [0, 0.05) is 28.6 Å². The van der Waals surface area contributed by atoms with Gasteiger partial charge in [-0.25, -0.2) is 9.78 Å². The number of nitrogens with zero attached hydrogens (tertiary/aromatic N) is 2. The summed E-state index contributed by atoms with van der Waals surface area (Å²) in [6.45, 7) is 0.349. The lowest BCUT2D eigenvalue weighted by Gasteiger charge is -2.22. The number of carbonyl (C=O) groups is 1. The molecule has 4 aromatic carbocycles. The summed E-state index contributed by atoms with van der Waals surface area (Å²) in [6, 6.07) is 27.3. The molecule has 0 aliphatic heterocycles. The van der Waals surface area contributed by atoms with Crippen LogP contribution in [0.15, 0.2) is 107 Å². The smallest absolute Gasteiger partial charge is 0.412 e. The summed E-state index contributed by atoms with van der Waals surface area (Å²) in [5, 5.41) is 36.9. The molecule has 7 rings (SSSR count). The Morgan fingerprint density at radius 1 is 1.02 bits per heavy atom. The predicted molar refractivity (Wildman–Crippen MR) is 176 cm³/mol. The molecule has 1 amide bonds. The molecular formula is C35H28N4O6S. The molecule has 2 heterocycles. The molecule has 0 saturated carbocycles. The van der Waals surface area contributed by atoms with E-state index in [-0.39, 0.29) is 30.4 Å². The maximum Gasteiger partial charge on any atom is 0.412 e. The van der Waals surface area contributed by atoms with Crippen molar-refractivity contribution in [2.75, 3.05) is 11.4 Å². The maximum atomic E-state index is 12.2. The number of anilines is 1. The van der Waals surface area contributed by atoms with E-state index in [2.05, 4.69) is 15.3 Å². The molecule has 0 radical (unpaired) electrons. The zero-order valence-electron chi connectivity index (χ0n) is 24.3. The summed E-state index contributed by atoms with van der Waals surface area (Å²) in [6.07, 6.45) is -0.967.